The van der Waals surface area contributed by atoms with Crippen molar-refractivity contribution < 1.29 is 22.0 Å². The van der Waals surface area contributed by atoms with Crippen LogP contribution < -0.4 is 5.32 Å². The summed E-state index contributed by atoms with van der Waals surface area (Å²) in [6.07, 6.45) is 5.58. The number of nitrogens with one attached hydrogen (secondary N) is 1. The number of aromatic nitrogens is 2. The van der Waals surface area contributed by atoms with Crippen LogP contribution in [-0.4, -0.2) is 42.2 Å². The molecule has 0 saturated heterocycles. The molecular weight excluding hydrogens is 376 g/mol. The maximum absolute atomic E-state index is 13.8. The van der Waals surface area contributed by atoms with E-state index in [1.807, 2.05) is 0 Å². The molecule has 1 aromatic carbocycles. The third-order valence-electron chi connectivity index (χ3n) is 4.70. The summed E-state index contributed by atoms with van der Waals surface area (Å²) >= 11 is 0. The van der Waals surface area contributed by atoms with Crippen molar-refractivity contribution in [2.75, 3.05) is 12.0 Å². The molecule has 1 heterocycles. The van der Waals surface area contributed by atoms with Gasteiger partial charge in [-0.25, -0.2) is 21.9 Å². The lowest BCUT2D eigenvalue weighted by molar-refractivity contribution is 0.0917. The molecule has 0 aliphatic heterocycles. The van der Waals surface area contributed by atoms with Gasteiger partial charge in [0.15, 0.2) is 11.5 Å². The van der Waals surface area contributed by atoms with Gasteiger partial charge < -0.3 is 5.32 Å². The Morgan fingerprint density at radius 3 is 2.56 bits per heavy atom. The van der Waals surface area contributed by atoms with Crippen LogP contribution in [0.15, 0.2) is 30.5 Å². The number of carbonyl (C=O) groups excluding carboxylic acids is 1. The maximum Gasteiger partial charge on any atom is 0.272 e. The average molecular weight is 397 g/mol. The third kappa shape index (κ3) is 5.12. The molecule has 0 bridgehead atoms. The quantitative estimate of drug-likeness (QED) is 0.841. The van der Waals surface area contributed by atoms with Crippen LogP contribution in [0, 0.1) is 17.6 Å². The highest BCUT2D eigenvalue weighted by Crippen LogP contribution is 2.25. The predicted octanol–water partition coefficient (Wildman–Crippen LogP) is 2.48. The molecule has 0 unspecified atom stereocenters. The van der Waals surface area contributed by atoms with E-state index in [2.05, 4.69) is 10.4 Å². The number of nitrogens with zero attached hydrogens (tertiary/aromatic N) is 2. The summed E-state index contributed by atoms with van der Waals surface area (Å²) in [5, 5.41) is 6.95. The first kappa shape index (κ1) is 19.5. The molecule has 0 radical (unpaired) electrons. The van der Waals surface area contributed by atoms with Gasteiger partial charge in [0.25, 0.3) is 5.91 Å². The molecule has 1 N–H and O–H groups in total. The van der Waals surface area contributed by atoms with Crippen LogP contribution in [0.1, 0.15) is 36.2 Å². The number of hydrogen-bond donors (Lipinski definition) is 1. The van der Waals surface area contributed by atoms with Gasteiger partial charge in [-0.2, -0.15) is 5.10 Å². The normalized spacial score (nSPS) is 20.4. The fourth-order valence-corrected chi connectivity index (χ4v) is 4.60. The van der Waals surface area contributed by atoms with Crippen LogP contribution in [0.3, 0.4) is 0 Å². The molecular formula is C18H21F2N3O3S. The summed E-state index contributed by atoms with van der Waals surface area (Å²) in [5.74, 6) is -1.51. The zero-order chi connectivity index (χ0) is 19.6. The lowest BCUT2D eigenvalue weighted by Gasteiger charge is -2.28. The van der Waals surface area contributed by atoms with Gasteiger partial charge in [0.05, 0.1) is 5.75 Å². The molecule has 1 aliphatic rings. The van der Waals surface area contributed by atoms with Crippen LogP contribution in [0.25, 0.3) is 5.69 Å². The first-order valence-electron chi connectivity index (χ1n) is 8.71. The Morgan fingerprint density at radius 1 is 1.22 bits per heavy atom. The van der Waals surface area contributed by atoms with E-state index in [-0.39, 0.29) is 35.0 Å². The van der Waals surface area contributed by atoms with E-state index < -0.39 is 21.5 Å². The Balaban J connectivity index is 1.59. The van der Waals surface area contributed by atoms with Crippen molar-refractivity contribution in [1.29, 1.82) is 0 Å². The topological polar surface area (TPSA) is 81.1 Å². The van der Waals surface area contributed by atoms with Gasteiger partial charge in [-0.05, 0) is 49.8 Å². The molecule has 1 saturated carbocycles. The largest absolute Gasteiger partial charge is 0.348 e. The minimum atomic E-state index is -2.99. The van der Waals surface area contributed by atoms with Crippen molar-refractivity contribution in [3.63, 3.8) is 0 Å². The standard InChI is InChI=1S/C18H21F2N3O3S/c1-27(25,26)11-12-2-5-14(6-3-12)21-18(24)16-8-9-23(22-16)17-7-4-13(19)10-15(17)20/h4,7-10,12,14H,2-3,5-6,11H2,1H3,(H,21,24). The maximum atomic E-state index is 13.8. The number of amides is 1. The van der Waals surface area contributed by atoms with Gasteiger partial charge in [-0.15, -0.1) is 0 Å². The molecule has 6 nitrogen and oxygen atoms in total. The fourth-order valence-electron chi connectivity index (χ4n) is 3.41. The average Bonchev–Trinajstić information content (AvgIpc) is 3.05. The SMILES string of the molecule is CS(=O)(=O)CC1CCC(NC(=O)c2ccn(-c3ccc(F)cc3F)n2)CC1. The second-order valence-electron chi connectivity index (χ2n) is 7.02. The van der Waals surface area contributed by atoms with E-state index in [0.717, 1.165) is 25.0 Å². The molecule has 9 heteroatoms. The van der Waals surface area contributed by atoms with Crippen molar-refractivity contribution in [3.05, 3.63) is 47.8 Å². The van der Waals surface area contributed by atoms with E-state index in [0.29, 0.717) is 12.8 Å². The predicted molar refractivity (Wildman–Crippen MR) is 96.4 cm³/mol. The molecule has 1 aliphatic carbocycles. The van der Waals surface area contributed by atoms with Crippen LogP contribution in [-0.2, 0) is 9.84 Å². The summed E-state index contributed by atoms with van der Waals surface area (Å²) in [4.78, 5) is 12.4. The molecule has 1 fully saturated rings. The molecule has 3 rings (SSSR count). The Kier molecular flexibility index (Phi) is 5.59. The van der Waals surface area contributed by atoms with E-state index in [4.69, 9.17) is 0 Å². The highest BCUT2D eigenvalue weighted by molar-refractivity contribution is 7.90. The molecule has 146 valence electrons. The van der Waals surface area contributed by atoms with Gasteiger partial charge in [0, 0.05) is 24.6 Å². The molecule has 2 aromatic rings. The van der Waals surface area contributed by atoms with E-state index in [1.165, 1.54) is 29.3 Å². The smallest absolute Gasteiger partial charge is 0.272 e. The zero-order valence-corrected chi connectivity index (χ0v) is 15.7. The summed E-state index contributed by atoms with van der Waals surface area (Å²) in [6, 6.07) is 4.55. The molecule has 1 aromatic heterocycles. The Morgan fingerprint density at radius 2 is 1.93 bits per heavy atom. The minimum Gasteiger partial charge on any atom is -0.348 e. The second kappa shape index (κ2) is 7.75. The number of halogens is 2. The summed E-state index contributed by atoms with van der Waals surface area (Å²) in [5.41, 5.74) is 0.189. The zero-order valence-electron chi connectivity index (χ0n) is 14.9. The van der Waals surface area contributed by atoms with Crippen LogP contribution in [0.4, 0.5) is 8.78 Å². The van der Waals surface area contributed by atoms with Crippen molar-refractivity contribution in [1.82, 2.24) is 15.1 Å². The van der Waals surface area contributed by atoms with E-state index >= 15 is 0 Å². The van der Waals surface area contributed by atoms with Crippen molar-refractivity contribution in [2.24, 2.45) is 5.92 Å². The minimum absolute atomic E-state index is 0.0407. The van der Waals surface area contributed by atoms with Crippen LogP contribution >= 0.6 is 0 Å². The Hall–Kier alpha value is -2.29. The number of benzene rings is 1. The first-order chi connectivity index (χ1) is 12.7. The Labute approximate surface area is 156 Å². The fraction of sp³-hybridized carbons (Fsp3) is 0.444. The molecule has 0 atom stereocenters. The first-order valence-corrected chi connectivity index (χ1v) is 10.8. The van der Waals surface area contributed by atoms with E-state index in [9.17, 15) is 22.0 Å². The number of carbonyl (C=O) groups is 1. The summed E-state index contributed by atoms with van der Waals surface area (Å²) in [6.45, 7) is 0. The van der Waals surface area contributed by atoms with Crippen LogP contribution in [0.2, 0.25) is 0 Å². The lowest BCUT2D eigenvalue weighted by Crippen LogP contribution is -2.38. The third-order valence-corrected chi connectivity index (χ3v) is 5.78. The summed E-state index contributed by atoms with van der Waals surface area (Å²) in [7, 11) is -2.99. The van der Waals surface area contributed by atoms with E-state index in [1.54, 1.807) is 0 Å². The van der Waals surface area contributed by atoms with Crippen molar-refractivity contribution in [3.8, 4) is 5.69 Å². The van der Waals surface area contributed by atoms with Gasteiger partial charge in [0.1, 0.15) is 21.3 Å². The second-order valence-corrected chi connectivity index (χ2v) is 9.21. The number of rotatable bonds is 5. The van der Waals surface area contributed by atoms with Crippen molar-refractivity contribution >= 4 is 15.7 Å². The number of sulfone groups is 1. The van der Waals surface area contributed by atoms with Crippen molar-refractivity contribution in [2.45, 2.75) is 31.7 Å². The lowest BCUT2D eigenvalue weighted by atomic mass is 9.87. The highest BCUT2D eigenvalue weighted by Gasteiger charge is 2.25. The molecule has 27 heavy (non-hydrogen) atoms. The Bertz CT molecular complexity index is 935. The highest BCUT2D eigenvalue weighted by atomic mass is 32.2. The van der Waals surface area contributed by atoms with Crippen LogP contribution in [0.5, 0.6) is 0 Å². The number of hydrogen-bond acceptors (Lipinski definition) is 4. The molecule has 0 spiro atoms. The van der Waals surface area contributed by atoms with Gasteiger partial charge >= 0.3 is 0 Å². The van der Waals surface area contributed by atoms with Gasteiger partial charge in [0.2, 0.25) is 0 Å². The van der Waals surface area contributed by atoms with Gasteiger partial charge in [-0.1, -0.05) is 0 Å². The van der Waals surface area contributed by atoms with Gasteiger partial charge in [-0.3, -0.25) is 4.79 Å². The molecule has 1 amide bonds. The monoisotopic (exact) mass is 397 g/mol. The summed E-state index contributed by atoms with van der Waals surface area (Å²) < 4.78 is 50.8.